The van der Waals surface area contributed by atoms with Crippen LogP contribution >= 0.6 is 0 Å². The predicted octanol–water partition coefficient (Wildman–Crippen LogP) is 1.91. The fraction of sp³-hybridized carbons (Fsp3) is 0.474. The van der Waals surface area contributed by atoms with Crippen molar-refractivity contribution in [3.63, 3.8) is 0 Å². The minimum atomic E-state index is -1.44. The van der Waals surface area contributed by atoms with Crippen molar-refractivity contribution in [3.05, 3.63) is 33.9 Å². The molecule has 0 spiro atoms. The second-order valence-electron chi connectivity index (χ2n) is 7.59. The lowest BCUT2D eigenvalue weighted by atomic mass is 10.1. The number of hydrogen-bond acceptors (Lipinski definition) is 5. The SMILES string of the molecule is COc1c(N2C[C@@H](N)[C@@H](C)C2)c(F)cc2c(=O)c(C(=O)O)cn([C@@H]3C[C@@H]3F)c12. The number of rotatable bonds is 4. The van der Waals surface area contributed by atoms with Crippen LogP contribution < -0.4 is 20.8 Å². The van der Waals surface area contributed by atoms with Gasteiger partial charge < -0.3 is 25.0 Å². The Labute approximate surface area is 159 Å². The number of carboxylic acid groups (broad SMARTS) is 1. The van der Waals surface area contributed by atoms with Gasteiger partial charge in [0.25, 0.3) is 0 Å². The molecule has 0 bridgehead atoms. The second-order valence-corrected chi connectivity index (χ2v) is 7.59. The quantitative estimate of drug-likeness (QED) is 0.824. The van der Waals surface area contributed by atoms with Gasteiger partial charge in [-0.2, -0.15) is 0 Å². The Morgan fingerprint density at radius 1 is 1.39 bits per heavy atom. The van der Waals surface area contributed by atoms with Crippen molar-refractivity contribution >= 4 is 22.6 Å². The van der Waals surface area contributed by atoms with Crippen LogP contribution in [0.1, 0.15) is 29.7 Å². The number of benzene rings is 1. The molecular formula is C19H21F2N3O4. The second kappa shape index (κ2) is 6.44. The summed E-state index contributed by atoms with van der Waals surface area (Å²) < 4.78 is 35.8. The average molecular weight is 393 g/mol. The zero-order valence-corrected chi connectivity index (χ0v) is 15.5. The first-order valence-corrected chi connectivity index (χ1v) is 9.07. The van der Waals surface area contributed by atoms with Gasteiger partial charge in [0.15, 0.2) is 11.6 Å². The molecule has 0 radical (unpaired) electrons. The minimum absolute atomic E-state index is 0.0874. The number of nitrogens with two attached hydrogens (primary N) is 1. The van der Waals surface area contributed by atoms with Crippen molar-refractivity contribution in [2.24, 2.45) is 11.7 Å². The summed E-state index contributed by atoms with van der Waals surface area (Å²) in [5.41, 5.74) is 5.07. The number of carboxylic acids is 1. The van der Waals surface area contributed by atoms with E-state index in [1.54, 1.807) is 4.90 Å². The zero-order valence-electron chi connectivity index (χ0n) is 15.5. The van der Waals surface area contributed by atoms with Crippen LogP contribution in [0.4, 0.5) is 14.5 Å². The van der Waals surface area contributed by atoms with Crippen LogP contribution in [0.5, 0.6) is 5.75 Å². The van der Waals surface area contributed by atoms with Gasteiger partial charge >= 0.3 is 5.97 Å². The molecule has 2 aliphatic rings. The van der Waals surface area contributed by atoms with E-state index in [0.29, 0.717) is 13.1 Å². The van der Waals surface area contributed by atoms with Crippen LogP contribution in [-0.4, -0.2) is 48.1 Å². The van der Waals surface area contributed by atoms with Crippen molar-refractivity contribution in [2.45, 2.75) is 31.6 Å². The summed E-state index contributed by atoms with van der Waals surface area (Å²) in [6, 6.07) is 0.256. The molecule has 1 saturated heterocycles. The van der Waals surface area contributed by atoms with E-state index in [4.69, 9.17) is 10.5 Å². The van der Waals surface area contributed by atoms with Gasteiger partial charge in [-0.05, 0) is 12.0 Å². The van der Waals surface area contributed by atoms with Gasteiger partial charge in [-0.1, -0.05) is 6.92 Å². The molecule has 3 N–H and O–H groups in total. The molecule has 1 saturated carbocycles. The summed E-state index contributed by atoms with van der Waals surface area (Å²) in [7, 11) is 1.34. The van der Waals surface area contributed by atoms with Gasteiger partial charge in [-0.25, -0.2) is 13.6 Å². The van der Waals surface area contributed by atoms with E-state index in [-0.39, 0.29) is 40.7 Å². The van der Waals surface area contributed by atoms with Crippen molar-refractivity contribution in [1.29, 1.82) is 0 Å². The highest BCUT2D eigenvalue weighted by molar-refractivity contribution is 5.97. The number of nitrogens with zero attached hydrogens (tertiary/aromatic N) is 2. The van der Waals surface area contributed by atoms with Gasteiger partial charge in [0.2, 0.25) is 5.43 Å². The molecule has 2 heterocycles. The van der Waals surface area contributed by atoms with Gasteiger partial charge in [-0.3, -0.25) is 4.79 Å². The van der Waals surface area contributed by atoms with Gasteiger partial charge in [-0.15, -0.1) is 0 Å². The van der Waals surface area contributed by atoms with Gasteiger partial charge in [0, 0.05) is 31.7 Å². The standard InChI is InChI=1S/C19H21F2N3O4/c1-8-5-23(7-13(8)22)16-12(21)3-9-15(18(16)28-2)24(14-4-11(14)20)6-10(17(9)25)19(26)27/h3,6,8,11,13-14H,4-5,7,22H2,1-2H3,(H,26,27)/t8-,11-,13+,14+/m0/s1. The Kier molecular flexibility index (Phi) is 4.29. The number of aromatic nitrogens is 1. The van der Waals surface area contributed by atoms with E-state index in [9.17, 15) is 19.1 Å². The third kappa shape index (κ3) is 2.72. The summed E-state index contributed by atoms with van der Waals surface area (Å²) >= 11 is 0. The normalized spacial score (nSPS) is 26.7. The number of fused-ring (bicyclic) bond motifs is 1. The van der Waals surface area contributed by atoms with Crippen molar-refractivity contribution < 1.29 is 23.4 Å². The van der Waals surface area contributed by atoms with Crippen LogP contribution in [-0.2, 0) is 0 Å². The summed E-state index contributed by atoms with van der Waals surface area (Å²) in [6.45, 7) is 2.88. The maximum Gasteiger partial charge on any atom is 0.341 e. The fourth-order valence-corrected chi connectivity index (χ4v) is 3.96. The van der Waals surface area contributed by atoms with E-state index in [1.807, 2.05) is 6.92 Å². The number of carbonyl (C=O) groups is 1. The molecule has 28 heavy (non-hydrogen) atoms. The van der Waals surface area contributed by atoms with E-state index in [1.165, 1.54) is 11.7 Å². The Bertz CT molecular complexity index is 1030. The molecule has 1 aliphatic heterocycles. The van der Waals surface area contributed by atoms with Crippen LogP contribution in [0.3, 0.4) is 0 Å². The van der Waals surface area contributed by atoms with Gasteiger partial charge in [0.1, 0.15) is 17.4 Å². The number of anilines is 1. The number of hydrogen-bond donors (Lipinski definition) is 2. The topological polar surface area (TPSA) is 97.8 Å². The van der Waals surface area contributed by atoms with E-state index in [0.717, 1.165) is 12.3 Å². The summed E-state index contributed by atoms with van der Waals surface area (Å²) in [5, 5.41) is 9.20. The number of aromatic carboxylic acids is 1. The number of methoxy groups -OCH3 is 1. The lowest BCUT2D eigenvalue weighted by Gasteiger charge is -2.24. The average Bonchev–Trinajstić information content (AvgIpc) is 3.27. The summed E-state index contributed by atoms with van der Waals surface area (Å²) in [4.78, 5) is 25.9. The maximum atomic E-state index is 15.1. The Morgan fingerprint density at radius 3 is 2.57 bits per heavy atom. The van der Waals surface area contributed by atoms with Crippen molar-refractivity contribution in [1.82, 2.24) is 4.57 Å². The summed E-state index contributed by atoms with van der Waals surface area (Å²) in [5.74, 6) is -1.93. The molecule has 9 heteroatoms. The first-order chi connectivity index (χ1) is 13.2. The van der Waals surface area contributed by atoms with E-state index in [2.05, 4.69) is 0 Å². The van der Waals surface area contributed by atoms with Crippen LogP contribution in [0.25, 0.3) is 10.9 Å². The lowest BCUT2D eigenvalue weighted by molar-refractivity contribution is 0.0694. The molecule has 7 nitrogen and oxygen atoms in total. The van der Waals surface area contributed by atoms with E-state index < -0.39 is 35.0 Å². The Morgan fingerprint density at radius 2 is 2.07 bits per heavy atom. The molecule has 2 aromatic rings. The molecule has 0 amide bonds. The molecule has 1 aliphatic carbocycles. The van der Waals surface area contributed by atoms with Crippen LogP contribution in [0.15, 0.2) is 17.1 Å². The predicted molar refractivity (Wildman–Crippen MR) is 99.6 cm³/mol. The number of pyridine rings is 1. The van der Waals surface area contributed by atoms with Crippen LogP contribution in [0.2, 0.25) is 0 Å². The fourth-order valence-electron chi connectivity index (χ4n) is 3.96. The van der Waals surface area contributed by atoms with Crippen molar-refractivity contribution in [3.8, 4) is 5.75 Å². The highest BCUT2D eigenvalue weighted by Gasteiger charge is 2.41. The third-order valence-corrected chi connectivity index (χ3v) is 5.66. The highest BCUT2D eigenvalue weighted by atomic mass is 19.1. The minimum Gasteiger partial charge on any atom is -0.492 e. The number of halogens is 2. The molecule has 1 aromatic carbocycles. The molecule has 1 aromatic heterocycles. The molecule has 2 fully saturated rings. The first kappa shape index (κ1) is 18.7. The molecular weight excluding hydrogens is 372 g/mol. The summed E-state index contributed by atoms with van der Waals surface area (Å²) in [6.07, 6.45) is 0.156. The van der Waals surface area contributed by atoms with Gasteiger partial charge in [0.05, 0.1) is 24.1 Å². The monoisotopic (exact) mass is 393 g/mol. The Balaban J connectivity index is 2.04. The smallest absolute Gasteiger partial charge is 0.341 e. The lowest BCUT2D eigenvalue weighted by Crippen LogP contribution is -2.29. The third-order valence-electron chi connectivity index (χ3n) is 5.66. The molecule has 4 atom stereocenters. The molecule has 0 unspecified atom stereocenters. The zero-order chi connectivity index (χ0) is 20.3. The first-order valence-electron chi connectivity index (χ1n) is 9.07. The number of ether oxygens (including phenoxy) is 1. The highest BCUT2D eigenvalue weighted by Crippen LogP contribution is 2.45. The van der Waals surface area contributed by atoms with E-state index >= 15 is 4.39 Å². The van der Waals surface area contributed by atoms with Crippen LogP contribution in [0, 0.1) is 11.7 Å². The largest absolute Gasteiger partial charge is 0.492 e. The molecule has 150 valence electrons. The molecule has 4 rings (SSSR count). The Hall–Kier alpha value is -2.68. The number of alkyl halides is 1. The van der Waals surface area contributed by atoms with Crippen molar-refractivity contribution in [2.75, 3.05) is 25.1 Å². The maximum absolute atomic E-state index is 15.1.